The molecule has 1 heterocycles. The van der Waals surface area contributed by atoms with Crippen molar-refractivity contribution < 1.29 is 8.78 Å². The molecule has 0 aliphatic rings. The van der Waals surface area contributed by atoms with Crippen LogP contribution in [-0.2, 0) is 5.33 Å². The van der Waals surface area contributed by atoms with E-state index in [0.29, 0.717) is 4.60 Å². The molecule has 1 aromatic heterocycles. The third-order valence-corrected chi connectivity index (χ3v) is 2.82. The number of pyridine rings is 1. The summed E-state index contributed by atoms with van der Waals surface area (Å²) in [6.45, 7) is 0. The second-order valence-electron chi connectivity index (χ2n) is 2.40. The lowest BCUT2D eigenvalue weighted by atomic mass is 10.1. The fourth-order valence-corrected chi connectivity index (χ4v) is 2.02. The molecule has 14 heavy (non-hydrogen) atoms. The van der Waals surface area contributed by atoms with Crippen LogP contribution in [0.5, 0.6) is 0 Å². The third-order valence-electron chi connectivity index (χ3n) is 1.65. The van der Waals surface area contributed by atoms with Crippen LogP contribution in [-0.4, -0.2) is 4.98 Å². The van der Waals surface area contributed by atoms with Crippen LogP contribution in [0.1, 0.15) is 23.1 Å². The van der Waals surface area contributed by atoms with Gasteiger partial charge in [0, 0.05) is 17.1 Å². The van der Waals surface area contributed by atoms with Crippen molar-refractivity contribution in [1.29, 1.82) is 5.26 Å². The largest absolute Gasteiger partial charge is 0.265 e. The number of rotatable bonds is 2. The van der Waals surface area contributed by atoms with Crippen molar-refractivity contribution >= 4 is 31.9 Å². The maximum absolute atomic E-state index is 12.5. The zero-order valence-electron chi connectivity index (χ0n) is 6.77. The maximum atomic E-state index is 12.5. The van der Waals surface area contributed by atoms with E-state index in [1.807, 2.05) is 6.07 Å². The summed E-state index contributed by atoms with van der Waals surface area (Å²) in [4.78, 5) is 3.67. The van der Waals surface area contributed by atoms with Gasteiger partial charge >= 0.3 is 0 Å². The van der Waals surface area contributed by atoms with Gasteiger partial charge in [-0.25, -0.2) is 13.8 Å². The molecule has 0 saturated carbocycles. The van der Waals surface area contributed by atoms with Gasteiger partial charge in [-0.15, -0.1) is 0 Å². The van der Waals surface area contributed by atoms with E-state index in [0.717, 1.165) is 6.20 Å². The van der Waals surface area contributed by atoms with Crippen LogP contribution in [0.25, 0.3) is 0 Å². The smallest absolute Gasteiger partial charge is 0.247 e. The average Bonchev–Trinajstić information content (AvgIpc) is 2.16. The molecule has 0 amide bonds. The van der Waals surface area contributed by atoms with Gasteiger partial charge in [0.2, 0.25) is 0 Å². The van der Waals surface area contributed by atoms with Crippen LogP contribution in [0.15, 0.2) is 10.8 Å². The normalized spacial score (nSPS) is 10.3. The van der Waals surface area contributed by atoms with E-state index in [-0.39, 0.29) is 22.0 Å². The zero-order valence-corrected chi connectivity index (χ0v) is 9.94. The van der Waals surface area contributed by atoms with Crippen molar-refractivity contribution in [2.75, 3.05) is 0 Å². The molecular weight excluding hydrogens is 322 g/mol. The molecule has 0 saturated heterocycles. The van der Waals surface area contributed by atoms with Gasteiger partial charge < -0.3 is 0 Å². The highest BCUT2D eigenvalue weighted by molar-refractivity contribution is 9.10. The van der Waals surface area contributed by atoms with Crippen molar-refractivity contribution in [3.8, 4) is 6.07 Å². The van der Waals surface area contributed by atoms with E-state index in [4.69, 9.17) is 5.26 Å². The number of aromatic nitrogens is 1. The van der Waals surface area contributed by atoms with Gasteiger partial charge in [0.05, 0.1) is 5.56 Å². The minimum Gasteiger partial charge on any atom is -0.247 e. The molecule has 0 N–H and O–H groups in total. The quantitative estimate of drug-likeness (QED) is 0.616. The lowest BCUT2D eigenvalue weighted by Gasteiger charge is -2.08. The zero-order chi connectivity index (χ0) is 10.7. The molecule has 0 aliphatic heterocycles. The highest BCUT2D eigenvalue weighted by atomic mass is 79.9. The SMILES string of the molecule is N#Cc1c(Br)ncc(C(F)F)c1CBr. The molecule has 0 unspecified atom stereocenters. The fraction of sp³-hybridized carbons (Fsp3) is 0.250. The molecule has 0 spiro atoms. The summed E-state index contributed by atoms with van der Waals surface area (Å²) < 4.78 is 25.2. The number of halogens is 4. The van der Waals surface area contributed by atoms with Gasteiger partial charge in [-0.3, -0.25) is 0 Å². The summed E-state index contributed by atoms with van der Waals surface area (Å²) in [6.07, 6.45) is -1.54. The molecule has 0 atom stereocenters. The Morgan fingerprint density at radius 3 is 2.64 bits per heavy atom. The molecule has 74 valence electrons. The topological polar surface area (TPSA) is 36.7 Å². The molecular formula is C8H4Br2F2N2. The Labute approximate surface area is 96.2 Å². The first-order valence-electron chi connectivity index (χ1n) is 3.53. The van der Waals surface area contributed by atoms with Gasteiger partial charge in [-0.05, 0) is 21.5 Å². The first-order chi connectivity index (χ1) is 6.61. The molecule has 2 nitrogen and oxygen atoms in total. The monoisotopic (exact) mass is 324 g/mol. The van der Waals surface area contributed by atoms with Crippen LogP contribution in [0.2, 0.25) is 0 Å². The predicted octanol–water partition coefficient (Wildman–Crippen LogP) is 3.55. The van der Waals surface area contributed by atoms with Gasteiger partial charge in [0.25, 0.3) is 6.43 Å². The Kier molecular flexibility index (Phi) is 3.96. The summed E-state index contributed by atoms with van der Waals surface area (Å²) in [5.74, 6) is 0. The second kappa shape index (κ2) is 4.80. The fourth-order valence-electron chi connectivity index (χ4n) is 0.983. The molecule has 0 fully saturated rings. The number of nitrogens with zero attached hydrogens (tertiary/aromatic N) is 2. The van der Waals surface area contributed by atoms with E-state index < -0.39 is 6.43 Å². The van der Waals surface area contributed by atoms with E-state index in [9.17, 15) is 8.78 Å². The number of hydrogen-bond donors (Lipinski definition) is 0. The standard InChI is InChI=1S/C8H4Br2F2N2/c9-1-4-5(2-13)7(10)14-3-6(4)8(11)12/h3,8H,1H2. The first-order valence-corrected chi connectivity index (χ1v) is 5.44. The van der Waals surface area contributed by atoms with Crippen molar-refractivity contribution in [3.05, 3.63) is 27.5 Å². The van der Waals surface area contributed by atoms with E-state index in [1.165, 1.54) is 0 Å². The molecule has 0 aromatic carbocycles. The molecule has 0 aliphatic carbocycles. The molecule has 1 rings (SSSR count). The molecule has 1 aromatic rings. The van der Waals surface area contributed by atoms with Gasteiger partial charge in [-0.1, -0.05) is 15.9 Å². The summed E-state index contributed by atoms with van der Waals surface area (Å²) in [5.41, 5.74) is 0.227. The molecule has 0 radical (unpaired) electrons. The first kappa shape index (κ1) is 11.5. The lowest BCUT2D eigenvalue weighted by molar-refractivity contribution is 0.150. The van der Waals surface area contributed by atoms with Crippen molar-refractivity contribution in [2.45, 2.75) is 11.8 Å². The van der Waals surface area contributed by atoms with Gasteiger partial charge in [0.1, 0.15) is 10.7 Å². The summed E-state index contributed by atoms with van der Waals surface area (Å²) >= 11 is 6.10. The van der Waals surface area contributed by atoms with Crippen molar-refractivity contribution in [1.82, 2.24) is 4.98 Å². The van der Waals surface area contributed by atoms with Crippen LogP contribution in [0, 0.1) is 11.3 Å². The number of hydrogen-bond acceptors (Lipinski definition) is 2. The highest BCUT2D eigenvalue weighted by Gasteiger charge is 2.18. The Hall–Kier alpha value is -0.540. The third kappa shape index (κ3) is 2.10. The van der Waals surface area contributed by atoms with Crippen LogP contribution in [0.3, 0.4) is 0 Å². The summed E-state index contributed by atoms with van der Waals surface area (Å²) in [7, 11) is 0. The summed E-state index contributed by atoms with van der Waals surface area (Å²) in [5, 5.41) is 8.96. The average molecular weight is 326 g/mol. The van der Waals surface area contributed by atoms with Crippen molar-refractivity contribution in [2.24, 2.45) is 0 Å². The van der Waals surface area contributed by atoms with Crippen LogP contribution >= 0.6 is 31.9 Å². The van der Waals surface area contributed by atoms with Gasteiger partial charge in [-0.2, -0.15) is 5.26 Å². The minimum atomic E-state index is -2.62. The molecule has 6 heteroatoms. The van der Waals surface area contributed by atoms with E-state index >= 15 is 0 Å². The Morgan fingerprint density at radius 1 is 1.57 bits per heavy atom. The van der Waals surface area contributed by atoms with Crippen LogP contribution in [0.4, 0.5) is 8.78 Å². The Bertz CT molecular complexity index is 388. The predicted molar refractivity (Wildman–Crippen MR) is 54.2 cm³/mol. The van der Waals surface area contributed by atoms with Gasteiger partial charge in [0.15, 0.2) is 0 Å². The Morgan fingerprint density at radius 2 is 2.21 bits per heavy atom. The second-order valence-corrected chi connectivity index (χ2v) is 3.72. The van der Waals surface area contributed by atoms with Crippen molar-refractivity contribution in [3.63, 3.8) is 0 Å². The Balaban J connectivity index is 3.42. The number of alkyl halides is 3. The minimum absolute atomic E-state index is 0.152. The lowest BCUT2D eigenvalue weighted by Crippen LogP contribution is -1.99. The molecule has 0 bridgehead atoms. The highest BCUT2D eigenvalue weighted by Crippen LogP contribution is 2.29. The maximum Gasteiger partial charge on any atom is 0.265 e. The van der Waals surface area contributed by atoms with E-state index in [1.54, 1.807) is 0 Å². The number of nitriles is 1. The van der Waals surface area contributed by atoms with Crippen LogP contribution < -0.4 is 0 Å². The van der Waals surface area contributed by atoms with E-state index in [2.05, 4.69) is 36.8 Å². The summed E-state index contributed by atoms with van der Waals surface area (Å²) in [6, 6.07) is 1.84.